The van der Waals surface area contributed by atoms with E-state index in [4.69, 9.17) is 0 Å². The lowest BCUT2D eigenvalue weighted by atomic mass is 9.98. The summed E-state index contributed by atoms with van der Waals surface area (Å²) in [5.74, 6) is 0.511. The van der Waals surface area contributed by atoms with E-state index in [9.17, 15) is 9.90 Å². The van der Waals surface area contributed by atoms with Gasteiger partial charge >= 0.3 is 0 Å². The molecule has 1 unspecified atom stereocenters. The first-order valence-electron chi connectivity index (χ1n) is 6.56. The quantitative estimate of drug-likeness (QED) is 0.852. The fraction of sp³-hybridized carbons (Fsp3) is 0.692. The van der Waals surface area contributed by atoms with Crippen molar-refractivity contribution in [2.24, 2.45) is 0 Å². The molecule has 5 heteroatoms. The minimum Gasteiger partial charge on any atom is -0.390 e. The van der Waals surface area contributed by atoms with Crippen molar-refractivity contribution in [1.29, 1.82) is 0 Å². The molecule has 0 aromatic carbocycles. The highest BCUT2D eigenvalue weighted by Crippen LogP contribution is 2.22. The second-order valence-corrected chi connectivity index (χ2v) is 5.18. The Kier molecular flexibility index (Phi) is 3.71. The monoisotopic (exact) mass is 251 g/mol. The predicted octanol–water partition coefficient (Wildman–Crippen LogP) is 1.00. The standard InChI is InChI=1S/C13H21N3O2/c1-3-15-10-7-14-11(12(15)17)16-8-4-5-13(2,18)6-9-16/h7,10,18H,3-6,8-9H2,1-2H3. The summed E-state index contributed by atoms with van der Waals surface area (Å²) in [5.41, 5.74) is -0.658. The van der Waals surface area contributed by atoms with Gasteiger partial charge in [0.15, 0.2) is 5.82 Å². The first-order valence-corrected chi connectivity index (χ1v) is 6.56. The third-order valence-corrected chi connectivity index (χ3v) is 3.60. The summed E-state index contributed by atoms with van der Waals surface area (Å²) < 4.78 is 1.66. The van der Waals surface area contributed by atoms with Crippen molar-refractivity contribution < 1.29 is 5.11 Å². The van der Waals surface area contributed by atoms with Crippen LogP contribution in [0.3, 0.4) is 0 Å². The van der Waals surface area contributed by atoms with Crippen molar-refractivity contribution in [2.45, 2.75) is 45.3 Å². The molecule has 1 fully saturated rings. The number of hydrogen-bond donors (Lipinski definition) is 1. The van der Waals surface area contributed by atoms with E-state index in [-0.39, 0.29) is 5.56 Å². The molecule has 0 spiro atoms. The predicted molar refractivity (Wildman–Crippen MR) is 70.9 cm³/mol. The molecule has 18 heavy (non-hydrogen) atoms. The molecule has 1 saturated heterocycles. The van der Waals surface area contributed by atoms with Gasteiger partial charge in [0.25, 0.3) is 5.56 Å². The van der Waals surface area contributed by atoms with Gasteiger partial charge in [-0.3, -0.25) is 4.79 Å². The van der Waals surface area contributed by atoms with Crippen LogP contribution < -0.4 is 10.5 Å². The van der Waals surface area contributed by atoms with E-state index in [1.807, 2.05) is 18.7 Å². The lowest BCUT2D eigenvalue weighted by Gasteiger charge is -2.23. The van der Waals surface area contributed by atoms with Gasteiger partial charge in [0.1, 0.15) is 0 Å². The fourth-order valence-corrected chi connectivity index (χ4v) is 2.38. The first kappa shape index (κ1) is 13.1. The second-order valence-electron chi connectivity index (χ2n) is 5.18. The number of aromatic nitrogens is 2. The Balaban J connectivity index is 2.24. The maximum absolute atomic E-state index is 12.2. The normalized spacial score (nSPS) is 24.9. The summed E-state index contributed by atoms with van der Waals surface area (Å²) in [6.07, 6.45) is 5.71. The number of anilines is 1. The molecule has 0 saturated carbocycles. The summed E-state index contributed by atoms with van der Waals surface area (Å²) in [4.78, 5) is 18.4. The second kappa shape index (κ2) is 5.10. The van der Waals surface area contributed by atoms with E-state index in [1.54, 1.807) is 17.0 Å². The zero-order valence-electron chi connectivity index (χ0n) is 11.1. The maximum atomic E-state index is 12.2. The minimum atomic E-state index is -0.618. The van der Waals surface area contributed by atoms with Gasteiger partial charge in [-0.05, 0) is 33.1 Å². The Morgan fingerprint density at radius 3 is 2.94 bits per heavy atom. The van der Waals surface area contributed by atoms with E-state index in [0.717, 1.165) is 19.4 Å². The molecule has 0 aliphatic carbocycles. The van der Waals surface area contributed by atoms with Gasteiger partial charge in [-0.1, -0.05) is 0 Å². The molecular weight excluding hydrogens is 230 g/mol. The third-order valence-electron chi connectivity index (χ3n) is 3.60. The maximum Gasteiger partial charge on any atom is 0.293 e. The molecule has 2 rings (SSSR count). The highest BCUT2D eigenvalue weighted by atomic mass is 16.3. The van der Waals surface area contributed by atoms with Crippen molar-refractivity contribution in [3.05, 3.63) is 22.7 Å². The largest absolute Gasteiger partial charge is 0.390 e. The lowest BCUT2D eigenvalue weighted by Crippen LogP contribution is -2.34. The smallest absolute Gasteiger partial charge is 0.293 e. The topological polar surface area (TPSA) is 58.4 Å². The van der Waals surface area contributed by atoms with Crippen LogP contribution in [0.5, 0.6) is 0 Å². The molecule has 1 aliphatic rings. The average molecular weight is 251 g/mol. The Bertz CT molecular complexity index is 468. The summed E-state index contributed by atoms with van der Waals surface area (Å²) in [6, 6.07) is 0. The molecular formula is C13H21N3O2. The van der Waals surface area contributed by atoms with Crippen molar-refractivity contribution >= 4 is 5.82 Å². The van der Waals surface area contributed by atoms with E-state index in [1.165, 1.54) is 0 Å². The Labute approximate surface area is 107 Å². The van der Waals surface area contributed by atoms with Crippen molar-refractivity contribution in [3.63, 3.8) is 0 Å². The molecule has 5 nitrogen and oxygen atoms in total. The van der Waals surface area contributed by atoms with Crippen LogP contribution >= 0.6 is 0 Å². The number of rotatable bonds is 2. The van der Waals surface area contributed by atoms with Crippen molar-refractivity contribution in [1.82, 2.24) is 9.55 Å². The molecule has 0 radical (unpaired) electrons. The number of nitrogens with zero attached hydrogens (tertiary/aromatic N) is 3. The SMILES string of the molecule is CCn1ccnc(N2CCCC(C)(O)CC2)c1=O. The number of hydrogen-bond acceptors (Lipinski definition) is 4. The van der Waals surface area contributed by atoms with Gasteiger partial charge in [0.2, 0.25) is 0 Å². The molecule has 1 aliphatic heterocycles. The highest BCUT2D eigenvalue weighted by molar-refractivity contribution is 5.35. The van der Waals surface area contributed by atoms with E-state index >= 15 is 0 Å². The van der Waals surface area contributed by atoms with Gasteiger partial charge in [0.05, 0.1) is 5.60 Å². The molecule has 1 aromatic heterocycles. The Hall–Kier alpha value is -1.36. The van der Waals surface area contributed by atoms with Crippen LogP contribution in [0.1, 0.15) is 33.1 Å². The molecule has 1 N–H and O–H groups in total. The summed E-state index contributed by atoms with van der Waals surface area (Å²) in [5, 5.41) is 10.1. The van der Waals surface area contributed by atoms with Gasteiger partial charge in [-0.25, -0.2) is 4.98 Å². The third kappa shape index (κ3) is 2.72. The fourth-order valence-electron chi connectivity index (χ4n) is 2.38. The molecule has 0 amide bonds. The lowest BCUT2D eigenvalue weighted by molar-refractivity contribution is 0.0481. The van der Waals surface area contributed by atoms with Gasteiger partial charge < -0.3 is 14.6 Å². The molecule has 2 heterocycles. The Morgan fingerprint density at radius 2 is 2.22 bits per heavy atom. The van der Waals surface area contributed by atoms with E-state index < -0.39 is 5.60 Å². The molecule has 1 aromatic rings. The van der Waals surface area contributed by atoms with Crippen LogP contribution in [0.15, 0.2) is 17.2 Å². The Morgan fingerprint density at radius 1 is 1.44 bits per heavy atom. The number of aryl methyl sites for hydroxylation is 1. The molecule has 0 bridgehead atoms. The van der Waals surface area contributed by atoms with E-state index in [2.05, 4.69) is 4.98 Å². The van der Waals surface area contributed by atoms with Crippen molar-refractivity contribution in [3.8, 4) is 0 Å². The summed E-state index contributed by atoms with van der Waals surface area (Å²) in [6.45, 7) is 5.92. The van der Waals surface area contributed by atoms with Crippen molar-refractivity contribution in [2.75, 3.05) is 18.0 Å². The number of aliphatic hydroxyl groups is 1. The van der Waals surface area contributed by atoms with Crippen LogP contribution in [0.25, 0.3) is 0 Å². The zero-order chi connectivity index (χ0) is 13.2. The molecule has 100 valence electrons. The minimum absolute atomic E-state index is 0.0402. The van der Waals surface area contributed by atoms with Crippen LogP contribution in [0.2, 0.25) is 0 Å². The highest BCUT2D eigenvalue weighted by Gasteiger charge is 2.26. The van der Waals surface area contributed by atoms with Crippen LogP contribution in [0, 0.1) is 0 Å². The molecule has 1 atom stereocenters. The van der Waals surface area contributed by atoms with Gasteiger partial charge in [0, 0.05) is 32.0 Å². The van der Waals surface area contributed by atoms with E-state index in [0.29, 0.717) is 25.3 Å². The summed E-state index contributed by atoms with van der Waals surface area (Å²) in [7, 11) is 0. The zero-order valence-corrected chi connectivity index (χ0v) is 11.1. The average Bonchev–Trinajstić information content (AvgIpc) is 2.51. The van der Waals surface area contributed by atoms with Crippen LogP contribution in [-0.2, 0) is 6.54 Å². The van der Waals surface area contributed by atoms with Gasteiger partial charge in [-0.2, -0.15) is 0 Å². The summed E-state index contributed by atoms with van der Waals surface area (Å²) >= 11 is 0. The first-order chi connectivity index (χ1) is 8.53. The van der Waals surface area contributed by atoms with Crippen LogP contribution in [0.4, 0.5) is 5.82 Å². The van der Waals surface area contributed by atoms with Gasteiger partial charge in [-0.15, -0.1) is 0 Å². The van der Waals surface area contributed by atoms with Crippen LogP contribution in [-0.4, -0.2) is 33.3 Å².